The maximum atomic E-state index is 9.99. The first-order valence-corrected chi connectivity index (χ1v) is 4.35. The Hall–Kier alpha value is -2.15. The molecule has 1 amide bonds. The summed E-state index contributed by atoms with van der Waals surface area (Å²) >= 11 is 0. The van der Waals surface area contributed by atoms with Crippen LogP contribution in [0.4, 0.5) is 5.69 Å². The molecule has 88 valence electrons. The lowest BCUT2D eigenvalue weighted by atomic mass is 10.2. The summed E-state index contributed by atoms with van der Waals surface area (Å²) in [6.07, 6.45) is 2.99. The van der Waals surface area contributed by atoms with E-state index in [1.54, 1.807) is 24.5 Å². The molecule has 0 saturated carbocycles. The molecule has 16 heavy (non-hydrogen) atoms. The third kappa shape index (κ3) is 7.27. The molecular formula is C9H14N4O3. The predicted octanol–water partition coefficient (Wildman–Crippen LogP) is -1.06. The molecule has 1 atom stereocenters. The van der Waals surface area contributed by atoms with Gasteiger partial charge in [-0.2, -0.15) is 0 Å². The SMILES string of the molecule is NC(=O)CC(N)C(=O)O.Nc1cccnc1. The quantitative estimate of drug-likeness (QED) is 0.516. The molecule has 1 aromatic heterocycles. The van der Waals surface area contributed by atoms with Crippen LogP contribution in [0.15, 0.2) is 24.5 Å². The number of anilines is 1. The van der Waals surface area contributed by atoms with Crippen LogP contribution in [0.1, 0.15) is 6.42 Å². The number of carbonyl (C=O) groups excluding carboxylic acids is 1. The van der Waals surface area contributed by atoms with Crippen LogP contribution in [0, 0.1) is 0 Å². The number of carboxylic acids is 1. The van der Waals surface area contributed by atoms with Crippen molar-refractivity contribution in [2.75, 3.05) is 5.73 Å². The van der Waals surface area contributed by atoms with Crippen LogP contribution in [-0.4, -0.2) is 28.0 Å². The Bertz CT molecular complexity index is 342. The van der Waals surface area contributed by atoms with Crippen molar-refractivity contribution in [3.8, 4) is 0 Å². The molecule has 0 fully saturated rings. The zero-order valence-electron chi connectivity index (χ0n) is 8.54. The smallest absolute Gasteiger partial charge is 0.321 e. The molecule has 0 bridgehead atoms. The zero-order valence-corrected chi connectivity index (χ0v) is 8.54. The molecule has 0 saturated heterocycles. The Morgan fingerprint density at radius 1 is 1.50 bits per heavy atom. The van der Waals surface area contributed by atoms with E-state index >= 15 is 0 Å². The van der Waals surface area contributed by atoms with Gasteiger partial charge in [-0.25, -0.2) is 0 Å². The summed E-state index contributed by atoms with van der Waals surface area (Å²) in [6.45, 7) is 0. The van der Waals surface area contributed by atoms with Gasteiger partial charge in [-0.3, -0.25) is 14.6 Å². The molecule has 0 aliphatic heterocycles. The number of nitrogens with two attached hydrogens (primary N) is 3. The van der Waals surface area contributed by atoms with Crippen molar-refractivity contribution in [1.82, 2.24) is 4.98 Å². The van der Waals surface area contributed by atoms with Crippen molar-refractivity contribution in [3.63, 3.8) is 0 Å². The minimum absolute atomic E-state index is 0.310. The molecule has 0 aliphatic carbocycles. The monoisotopic (exact) mass is 226 g/mol. The first kappa shape index (κ1) is 13.8. The molecule has 1 aromatic rings. The molecule has 7 heteroatoms. The summed E-state index contributed by atoms with van der Waals surface area (Å²) in [7, 11) is 0. The van der Waals surface area contributed by atoms with Crippen LogP contribution in [0.25, 0.3) is 0 Å². The average Bonchev–Trinajstić information content (AvgIpc) is 2.18. The van der Waals surface area contributed by atoms with E-state index < -0.39 is 17.9 Å². The molecule has 7 nitrogen and oxygen atoms in total. The van der Waals surface area contributed by atoms with Crippen LogP contribution in [0.3, 0.4) is 0 Å². The summed E-state index contributed by atoms with van der Waals surface area (Å²) < 4.78 is 0. The fourth-order valence-corrected chi connectivity index (χ4v) is 0.680. The lowest BCUT2D eigenvalue weighted by molar-refractivity contribution is -0.140. The Labute approximate surface area is 92.3 Å². The Kier molecular flexibility index (Phi) is 6.22. The molecule has 0 aromatic carbocycles. The summed E-state index contributed by atoms with van der Waals surface area (Å²) in [5.41, 5.74) is 15.6. The van der Waals surface area contributed by atoms with Crippen molar-refractivity contribution in [3.05, 3.63) is 24.5 Å². The number of nitrogen functional groups attached to an aromatic ring is 1. The van der Waals surface area contributed by atoms with E-state index in [4.69, 9.17) is 16.6 Å². The van der Waals surface area contributed by atoms with Crippen molar-refractivity contribution in [1.29, 1.82) is 0 Å². The van der Waals surface area contributed by atoms with E-state index in [1.807, 2.05) is 0 Å². The number of primary amides is 1. The second-order valence-corrected chi connectivity index (χ2v) is 2.90. The number of pyridine rings is 1. The molecule has 1 unspecified atom stereocenters. The van der Waals surface area contributed by atoms with Crippen LogP contribution in [0.2, 0.25) is 0 Å². The minimum Gasteiger partial charge on any atom is -0.480 e. The highest BCUT2D eigenvalue weighted by atomic mass is 16.4. The zero-order chi connectivity index (χ0) is 12.6. The topological polar surface area (TPSA) is 145 Å². The van der Waals surface area contributed by atoms with Crippen LogP contribution in [-0.2, 0) is 9.59 Å². The molecular weight excluding hydrogens is 212 g/mol. The number of carboxylic acid groups (broad SMARTS) is 1. The van der Waals surface area contributed by atoms with Gasteiger partial charge in [0.2, 0.25) is 5.91 Å². The van der Waals surface area contributed by atoms with Crippen LogP contribution in [0.5, 0.6) is 0 Å². The standard InChI is InChI=1S/C5H6N2.C4H8N2O3/c6-5-2-1-3-7-4-5;5-2(4(8)9)1-3(6)7/h1-4H,6H2;2H,1,5H2,(H2,6,7)(H,8,9). The van der Waals surface area contributed by atoms with E-state index in [1.165, 1.54) is 0 Å². The van der Waals surface area contributed by atoms with E-state index in [0.717, 1.165) is 0 Å². The van der Waals surface area contributed by atoms with Gasteiger partial charge in [-0.15, -0.1) is 0 Å². The molecule has 0 radical (unpaired) electrons. The maximum Gasteiger partial charge on any atom is 0.321 e. The number of nitrogens with zero attached hydrogens (tertiary/aromatic N) is 1. The van der Waals surface area contributed by atoms with Gasteiger partial charge in [0.1, 0.15) is 6.04 Å². The van der Waals surface area contributed by atoms with E-state index in [-0.39, 0.29) is 6.42 Å². The Morgan fingerprint density at radius 3 is 2.31 bits per heavy atom. The highest BCUT2D eigenvalue weighted by molar-refractivity contribution is 5.83. The van der Waals surface area contributed by atoms with Gasteiger partial charge in [0.05, 0.1) is 12.1 Å². The average molecular weight is 226 g/mol. The third-order valence-electron chi connectivity index (χ3n) is 1.42. The number of hydrogen-bond donors (Lipinski definition) is 4. The third-order valence-corrected chi connectivity index (χ3v) is 1.42. The molecule has 1 rings (SSSR count). The van der Waals surface area contributed by atoms with Gasteiger partial charge < -0.3 is 22.3 Å². The Morgan fingerprint density at radius 2 is 2.12 bits per heavy atom. The van der Waals surface area contributed by atoms with E-state index in [0.29, 0.717) is 5.69 Å². The second-order valence-electron chi connectivity index (χ2n) is 2.90. The summed E-state index contributed by atoms with van der Waals surface area (Å²) in [4.78, 5) is 23.7. The van der Waals surface area contributed by atoms with Gasteiger partial charge in [0.25, 0.3) is 0 Å². The molecule has 7 N–H and O–H groups in total. The summed E-state index contributed by atoms with van der Waals surface area (Å²) in [6, 6.07) is 2.44. The number of hydrogen-bond acceptors (Lipinski definition) is 5. The van der Waals surface area contributed by atoms with Crippen molar-refractivity contribution in [2.45, 2.75) is 12.5 Å². The van der Waals surface area contributed by atoms with E-state index in [2.05, 4.69) is 10.7 Å². The van der Waals surface area contributed by atoms with Gasteiger partial charge in [0, 0.05) is 12.4 Å². The fraction of sp³-hybridized carbons (Fsp3) is 0.222. The second kappa shape index (κ2) is 7.18. The van der Waals surface area contributed by atoms with Crippen molar-refractivity contribution < 1.29 is 14.7 Å². The number of amides is 1. The summed E-state index contributed by atoms with van der Waals surface area (Å²) in [5, 5.41) is 8.10. The van der Waals surface area contributed by atoms with E-state index in [9.17, 15) is 9.59 Å². The summed E-state index contributed by atoms with van der Waals surface area (Å²) in [5.74, 6) is -1.92. The maximum absolute atomic E-state index is 9.99. The van der Waals surface area contributed by atoms with Crippen LogP contribution >= 0.6 is 0 Å². The van der Waals surface area contributed by atoms with Crippen LogP contribution < -0.4 is 17.2 Å². The first-order valence-electron chi connectivity index (χ1n) is 4.35. The first-order chi connectivity index (χ1) is 7.43. The normalized spacial score (nSPS) is 10.8. The predicted molar refractivity (Wildman–Crippen MR) is 58.1 cm³/mol. The molecule has 1 heterocycles. The van der Waals surface area contributed by atoms with Crippen molar-refractivity contribution in [2.24, 2.45) is 11.5 Å². The Balaban J connectivity index is 0.000000288. The highest BCUT2D eigenvalue weighted by Crippen LogP contribution is 1.92. The fourth-order valence-electron chi connectivity index (χ4n) is 0.680. The molecule has 0 aliphatic rings. The minimum atomic E-state index is -1.21. The number of aromatic nitrogens is 1. The highest BCUT2D eigenvalue weighted by Gasteiger charge is 2.13. The largest absolute Gasteiger partial charge is 0.480 e. The lowest BCUT2D eigenvalue weighted by Crippen LogP contribution is -2.34. The number of carbonyl (C=O) groups is 2. The number of aliphatic carboxylic acids is 1. The van der Waals surface area contributed by atoms with Gasteiger partial charge in [-0.05, 0) is 12.1 Å². The van der Waals surface area contributed by atoms with Gasteiger partial charge in [-0.1, -0.05) is 0 Å². The lowest BCUT2D eigenvalue weighted by Gasteiger charge is -1.99. The van der Waals surface area contributed by atoms with Crippen molar-refractivity contribution >= 4 is 17.6 Å². The molecule has 0 spiro atoms. The number of rotatable bonds is 3. The van der Waals surface area contributed by atoms with Gasteiger partial charge >= 0.3 is 5.97 Å². The van der Waals surface area contributed by atoms with Gasteiger partial charge in [0.15, 0.2) is 0 Å².